The quantitative estimate of drug-likeness (QED) is 0.723. The lowest BCUT2D eigenvalue weighted by molar-refractivity contribution is -0.134. The van der Waals surface area contributed by atoms with Crippen molar-refractivity contribution in [3.63, 3.8) is 0 Å². The fourth-order valence-corrected chi connectivity index (χ4v) is 3.76. The van der Waals surface area contributed by atoms with Crippen molar-refractivity contribution in [3.8, 4) is 5.75 Å². The Balaban J connectivity index is 1.42. The first-order valence-electron chi connectivity index (χ1n) is 9.89. The fourth-order valence-electron chi connectivity index (χ4n) is 3.76. The van der Waals surface area contributed by atoms with Crippen LogP contribution in [0.1, 0.15) is 51.0 Å². The van der Waals surface area contributed by atoms with Crippen molar-refractivity contribution in [2.24, 2.45) is 0 Å². The van der Waals surface area contributed by atoms with Gasteiger partial charge in [-0.3, -0.25) is 4.79 Å². The summed E-state index contributed by atoms with van der Waals surface area (Å²) < 4.78 is 5.77. The van der Waals surface area contributed by atoms with E-state index in [4.69, 9.17) is 4.74 Å². The Kier molecular flexibility index (Phi) is 4.84. The summed E-state index contributed by atoms with van der Waals surface area (Å²) in [6.07, 6.45) is 1.90. The number of H-pyrrole nitrogens is 1. The van der Waals surface area contributed by atoms with E-state index < -0.39 is 0 Å². The Bertz CT molecular complexity index is 936. The maximum absolute atomic E-state index is 12.8. The molecule has 3 aromatic rings. The number of hydrogen-bond donors (Lipinski definition) is 1. The minimum absolute atomic E-state index is 0.00264. The van der Waals surface area contributed by atoms with Gasteiger partial charge in [-0.2, -0.15) is 0 Å². The van der Waals surface area contributed by atoms with Crippen LogP contribution in [-0.4, -0.2) is 33.9 Å². The molecule has 5 heteroatoms. The van der Waals surface area contributed by atoms with Crippen molar-refractivity contribution >= 4 is 16.9 Å². The fraction of sp³-hybridized carbons (Fsp3) is 0.391. The van der Waals surface area contributed by atoms with Crippen LogP contribution in [0.4, 0.5) is 0 Å². The molecular weight excluding hydrogens is 350 g/mol. The van der Waals surface area contributed by atoms with Gasteiger partial charge in [-0.25, -0.2) is 4.98 Å². The van der Waals surface area contributed by atoms with Gasteiger partial charge in [0.15, 0.2) is 6.61 Å². The molecule has 2 aromatic carbocycles. The van der Waals surface area contributed by atoms with Gasteiger partial charge in [0.2, 0.25) is 0 Å². The predicted octanol–water partition coefficient (Wildman–Crippen LogP) is 4.60. The van der Waals surface area contributed by atoms with E-state index in [0.29, 0.717) is 0 Å². The zero-order valence-corrected chi connectivity index (χ0v) is 16.7. The number of amides is 1. The van der Waals surface area contributed by atoms with E-state index in [0.717, 1.165) is 42.0 Å². The van der Waals surface area contributed by atoms with E-state index in [2.05, 4.69) is 42.9 Å². The van der Waals surface area contributed by atoms with E-state index in [9.17, 15) is 4.79 Å². The maximum atomic E-state index is 12.8. The molecule has 0 spiro atoms. The molecule has 1 atom stereocenters. The summed E-state index contributed by atoms with van der Waals surface area (Å²) in [6, 6.07) is 16.0. The van der Waals surface area contributed by atoms with Crippen LogP contribution in [0, 0.1) is 0 Å². The van der Waals surface area contributed by atoms with Crippen LogP contribution in [-0.2, 0) is 10.2 Å². The van der Waals surface area contributed by atoms with Crippen molar-refractivity contribution in [2.45, 2.75) is 45.1 Å². The largest absolute Gasteiger partial charge is 0.484 e. The molecule has 1 fully saturated rings. The highest BCUT2D eigenvalue weighted by molar-refractivity contribution is 5.79. The summed E-state index contributed by atoms with van der Waals surface area (Å²) in [5.41, 5.74) is 3.29. The van der Waals surface area contributed by atoms with E-state index in [1.165, 1.54) is 5.56 Å². The van der Waals surface area contributed by atoms with Gasteiger partial charge >= 0.3 is 0 Å². The zero-order chi connectivity index (χ0) is 19.7. The van der Waals surface area contributed by atoms with Crippen molar-refractivity contribution in [3.05, 3.63) is 59.9 Å². The van der Waals surface area contributed by atoms with Gasteiger partial charge in [0.25, 0.3) is 5.91 Å². The second-order valence-corrected chi connectivity index (χ2v) is 8.45. The van der Waals surface area contributed by atoms with Gasteiger partial charge in [0, 0.05) is 6.54 Å². The molecule has 28 heavy (non-hydrogen) atoms. The van der Waals surface area contributed by atoms with Crippen LogP contribution in [0.5, 0.6) is 5.75 Å². The molecule has 0 radical (unpaired) electrons. The molecule has 1 aliphatic heterocycles. The second kappa shape index (κ2) is 7.30. The summed E-state index contributed by atoms with van der Waals surface area (Å²) in [5, 5.41) is 0. The Morgan fingerprint density at radius 1 is 1.18 bits per heavy atom. The number of nitrogens with zero attached hydrogens (tertiary/aromatic N) is 2. The lowest BCUT2D eigenvalue weighted by atomic mass is 9.87. The second-order valence-electron chi connectivity index (χ2n) is 8.45. The molecule has 2 heterocycles. The molecule has 1 aliphatic rings. The zero-order valence-electron chi connectivity index (χ0n) is 16.7. The lowest BCUT2D eigenvalue weighted by Gasteiger charge is -2.23. The number of carbonyl (C=O) groups is 1. The van der Waals surface area contributed by atoms with Crippen LogP contribution in [0.2, 0.25) is 0 Å². The smallest absolute Gasteiger partial charge is 0.261 e. The molecule has 1 N–H and O–H groups in total. The maximum Gasteiger partial charge on any atom is 0.261 e. The summed E-state index contributed by atoms with van der Waals surface area (Å²) in [4.78, 5) is 22.8. The third-order valence-corrected chi connectivity index (χ3v) is 5.38. The molecule has 1 amide bonds. The normalized spacial score (nSPS) is 17.2. The monoisotopic (exact) mass is 377 g/mol. The molecule has 1 aromatic heterocycles. The number of likely N-dealkylation sites (tertiary alicyclic amines) is 1. The topological polar surface area (TPSA) is 58.2 Å². The standard InChI is InChI=1S/C23H27N3O2/c1-23(2,3)16-10-12-17(13-11-16)28-15-21(27)26-14-6-9-20(26)22-24-18-7-4-5-8-19(18)25-22/h4-5,7-8,10-13,20H,6,9,14-15H2,1-3H3,(H,24,25)/t20-/m1/s1. The minimum atomic E-state index is -0.00762. The number of rotatable bonds is 4. The Morgan fingerprint density at radius 3 is 2.64 bits per heavy atom. The number of carbonyl (C=O) groups excluding carboxylic acids is 1. The van der Waals surface area contributed by atoms with Crippen LogP contribution < -0.4 is 4.74 Å². The highest BCUT2D eigenvalue weighted by atomic mass is 16.5. The van der Waals surface area contributed by atoms with Crippen LogP contribution in [0.15, 0.2) is 48.5 Å². The van der Waals surface area contributed by atoms with E-state index >= 15 is 0 Å². The average Bonchev–Trinajstić information content (AvgIpc) is 3.32. The summed E-state index contributed by atoms with van der Waals surface area (Å²) in [5.74, 6) is 1.59. The van der Waals surface area contributed by atoms with Crippen LogP contribution in [0.25, 0.3) is 11.0 Å². The van der Waals surface area contributed by atoms with Crippen molar-refractivity contribution in [2.75, 3.05) is 13.2 Å². The van der Waals surface area contributed by atoms with Gasteiger partial charge < -0.3 is 14.6 Å². The first-order chi connectivity index (χ1) is 13.4. The number of fused-ring (bicyclic) bond motifs is 1. The Labute approximate surface area is 165 Å². The third-order valence-electron chi connectivity index (χ3n) is 5.38. The lowest BCUT2D eigenvalue weighted by Crippen LogP contribution is -2.34. The van der Waals surface area contributed by atoms with E-state index in [1.54, 1.807) is 0 Å². The molecule has 0 saturated carbocycles. The number of aromatic nitrogens is 2. The van der Waals surface area contributed by atoms with Crippen molar-refractivity contribution in [1.82, 2.24) is 14.9 Å². The van der Waals surface area contributed by atoms with Gasteiger partial charge in [0.05, 0.1) is 17.1 Å². The molecule has 4 rings (SSSR count). The summed E-state index contributed by atoms with van der Waals surface area (Å²) in [6.45, 7) is 7.33. The molecule has 0 bridgehead atoms. The molecule has 146 valence electrons. The van der Waals surface area contributed by atoms with Crippen LogP contribution in [0.3, 0.4) is 0 Å². The number of benzene rings is 2. The molecule has 0 aliphatic carbocycles. The highest BCUT2D eigenvalue weighted by Gasteiger charge is 2.32. The number of aromatic amines is 1. The SMILES string of the molecule is CC(C)(C)c1ccc(OCC(=O)N2CCC[C@@H]2c2nc3ccccc3[nH]2)cc1. The van der Waals surface area contributed by atoms with Gasteiger partial charge in [0.1, 0.15) is 11.6 Å². The molecule has 5 nitrogen and oxygen atoms in total. The van der Waals surface area contributed by atoms with Crippen molar-refractivity contribution in [1.29, 1.82) is 0 Å². The van der Waals surface area contributed by atoms with Gasteiger partial charge in [-0.1, -0.05) is 45.0 Å². The number of nitrogens with one attached hydrogen (secondary N) is 1. The number of para-hydroxylation sites is 2. The first-order valence-corrected chi connectivity index (χ1v) is 9.89. The third kappa shape index (κ3) is 3.75. The molecule has 0 unspecified atom stereocenters. The highest BCUT2D eigenvalue weighted by Crippen LogP contribution is 2.31. The Morgan fingerprint density at radius 2 is 1.93 bits per heavy atom. The van der Waals surface area contributed by atoms with E-state index in [-0.39, 0.29) is 24.0 Å². The van der Waals surface area contributed by atoms with Gasteiger partial charge in [-0.15, -0.1) is 0 Å². The van der Waals surface area contributed by atoms with E-state index in [1.807, 2.05) is 41.3 Å². The number of ether oxygens (including phenoxy) is 1. The first kappa shape index (κ1) is 18.5. The molecule has 1 saturated heterocycles. The predicted molar refractivity (Wildman–Crippen MR) is 110 cm³/mol. The number of hydrogen-bond acceptors (Lipinski definition) is 3. The van der Waals surface area contributed by atoms with Crippen LogP contribution >= 0.6 is 0 Å². The Hall–Kier alpha value is -2.82. The average molecular weight is 377 g/mol. The number of imidazole rings is 1. The van der Waals surface area contributed by atoms with Crippen molar-refractivity contribution < 1.29 is 9.53 Å². The summed E-state index contributed by atoms with van der Waals surface area (Å²) in [7, 11) is 0. The minimum Gasteiger partial charge on any atom is -0.484 e. The molecular formula is C23H27N3O2. The van der Waals surface area contributed by atoms with Gasteiger partial charge in [-0.05, 0) is 48.1 Å². The summed E-state index contributed by atoms with van der Waals surface area (Å²) >= 11 is 0.